The molecular formula is C11H18N2O3S. The third-order valence-corrected chi connectivity index (χ3v) is 3.38. The summed E-state index contributed by atoms with van der Waals surface area (Å²) in [6.07, 6.45) is 0.826. The molecule has 0 bridgehead atoms. The van der Waals surface area contributed by atoms with E-state index in [0.717, 1.165) is 6.42 Å². The molecule has 0 aliphatic rings. The number of hydrogen-bond acceptors (Lipinski definition) is 4. The van der Waals surface area contributed by atoms with Crippen LogP contribution in [0, 0.1) is 0 Å². The fraction of sp³-hybridized carbons (Fsp3) is 0.455. The summed E-state index contributed by atoms with van der Waals surface area (Å²) in [5, 5.41) is 8.27. The van der Waals surface area contributed by atoms with E-state index < -0.39 is 10.0 Å². The first-order chi connectivity index (χ1) is 7.99. The second-order valence-corrected chi connectivity index (χ2v) is 5.28. The van der Waals surface area contributed by atoms with Gasteiger partial charge in [0.1, 0.15) is 4.90 Å². The first-order valence-corrected chi connectivity index (χ1v) is 6.91. The number of sulfonamides is 1. The molecule has 1 atom stereocenters. The van der Waals surface area contributed by atoms with Crippen molar-refractivity contribution in [3.8, 4) is 0 Å². The fourth-order valence-electron chi connectivity index (χ4n) is 1.52. The number of para-hydroxylation sites is 1. The van der Waals surface area contributed by atoms with E-state index in [9.17, 15) is 8.42 Å². The topological polar surface area (TPSA) is 81.4 Å². The van der Waals surface area contributed by atoms with Gasteiger partial charge in [-0.05, 0) is 18.6 Å². The van der Waals surface area contributed by atoms with Crippen LogP contribution in [0.5, 0.6) is 0 Å². The molecule has 1 unspecified atom stereocenters. The Hall–Kier alpha value is -1.11. The second-order valence-electron chi connectivity index (χ2n) is 3.75. The normalized spacial score (nSPS) is 13.4. The van der Waals surface area contributed by atoms with Gasteiger partial charge in [0.05, 0.1) is 12.3 Å². The Balaban J connectivity index is 2.98. The molecule has 0 fully saturated rings. The summed E-state index contributed by atoms with van der Waals surface area (Å²) in [7, 11) is -2.10. The van der Waals surface area contributed by atoms with Gasteiger partial charge >= 0.3 is 0 Å². The quantitative estimate of drug-likeness (QED) is 0.802. The van der Waals surface area contributed by atoms with E-state index in [1.54, 1.807) is 25.3 Å². The van der Waals surface area contributed by atoms with Crippen molar-refractivity contribution in [2.75, 3.05) is 19.0 Å². The van der Waals surface area contributed by atoms with Gasteiger partial charge in [0.25, 0.3) is 0 Å². The molecule has 0 saturated carbocycles. The highest BCUT2D eigenvalue weighted by Crippen LogP contribution is 2.20. The minimum atomic E-state index is -3.71. The number of benzene rings is 1. The SMILES string of the molecule is CCC(COC)Nc1ccccc1S(N)(=O)=O. The zero-order valence-electron chi connectivity index (χ0n) is 10.0. The Morgan fingerprint density at radius 3 is 2.59 bits per heavy atom. The summed E-state index contributed by atoms with van der Waals surface area (Å²) in [5.41, 5.74) is 0.513. The van der Waals surface area contributed by atoms with Gasteiger partial charge in [-0.3, -0.25) is 0 Å². The zero-order valence-corrected chi connectivity index (χ0v) is 10.8. The Morgan fingerprint density at radius 1 is 1.41 bits per heavy atom. The number of anilines is 1. The summed E-state index contributed by atoms with van der Waals surface area (Å²) >= 11 is 0. The average molecular weight is 258 g/mol. The highest BCUT2D eigenvalue weighted by Gasteiger charge is 2.15. The summed E-state index contributed by atoms with van der Waals surface area (Å²) in [6, 6.07) is 6.64. The van der Waals surface area contributed by atoms with Crippen molar-refractivity contribution in [2.45, 2.75) is 24.3 Å². The highest BCUT2D eigenvalue weighted by atomic mass is 32.2. The first kappa shape index (κ1) is 14.0. The highest BCUT2D eigenvalue weighted by molar-refractivity contribution is 7.89. The first-order valence-electron chi connectivity index (χ1n) is 5.36. The van der Waals surface area contributed by atoms with E-state index in [-0.39, 0.29) is 10.9 Å². The second kappa shape index (κ2) is 6.00. The minimum Gasteiger partial charge on any atom is -0.383 e. The molecule has 0 aliphatic heterocycles. The van der Waals surface area contributed by atoms with Crippen molar-refractivity contribution < 1.29 is 13.2 Å². The Morgan fingerprint density at radius 2 is 2.06 bits per heavy atom. The molecule has 1 rings (SSSR count). The maximum absolute atomic E-state index is 11.4. The van der Waals surface area contributed by atoms with Gasteiger partial charge in [-0.1, -0.05) is 19.1 Å². The molecule has 0 heterocycles. The molecule has 0 saturated heterocycles. The molecule has 96 valence electrons. The molecule has 0 aromatic heterocycles. The van der Waals surface area contributed by atoms with Crippen molar-refractivity contribution in [3.63, 3.8) is 0 Å². The van der Waals surface area contributed by atoms with Crippen molar-refractivity contribution in [1.29, 1.82) is 0 Å². The Labute approximate surface area is 102 Å². The molecule has 6 heteroatoms. The van der Waals surface area contributed by atoms with Gasteiger partial charge in [0, 0.05) is 13.2 Å². The van der Waals surface area contributed by atoms with E-state index in [0.29, 0.717) is 12.3 Å². The van der Waals surface area contributed by atoms with Gasteiger partial charge in [-0.15, -0.1) is 0 Å². The van der Waals surface area contributed by atoms with Crippen molar-refractivity contribution >= 4 is 15.7 Å². The lowest BCUT2D eigenvalue weighted by Gasteiger charge is -2.19. The Kier molecular flexibility index (Phi) is 4.92. The largest absolute Gasteiger partial charge is 0.383 e. The van der Waals surface area contributed by atoms with Crippen LogP contribution in [0.3, 0.4) is 0 Å². The van der Waals surface area contributed by atoms with Crippen molar-refractivity contribution in [1.82, 2.24) is 0 Å². The standard InChI is InChI=1S/C11H18N2O3S/c1-3-9(8-16-2)13-10-6-4-5-7-11(10)17(12,14)15/h4-7,9,13H,3,8H2,1-2H3,(H2,12,14,15). The third kappa shape index (κ3) is 3.99. The van der Waals surface area contributed by atoms with Crippen LogP contribution in [-0.4, -0.2) is 28.2 Å². The third-order valence-electron chi connectivity index (χ3n) is 2.41. The molecule has 3 N–H and O–H groups in total. The molecule has 0 aliphatic carbocycles. The minimum absolute atomic E-state index is 0.0582. The van der Waals surface area contributed by atoms with E-state index in [1.807, 2.05) is 6.92 Å². The predicted molar refractivity (Wildman–Crippen MR) is 67.4 cm³/mol. The van der Waals surface area contributed by atoms with Crippen molar-refractivity contribution in [2.24, 2.45) is 5.14 Å². The molecule has 0 radical (unpaired) electrons. The van der Waals surface area contributed by atoms with E-state index in [2.05, 4.69) is 5.32 Å². The summed E-state index contributed by atoms with van der Waals surface area (Å²) in [6.45, 7) is 2.51. The number of ether oxygens (including phenoxy) is 1. The smallest absolute Gasteiger partial charge is 0.240 e. The van der Waals surface area contributed by atoms with Crippen LogP contribution in [0.4, 0.5) is 5.69 Å². The number of methoxy groups -OCH3 is 1. The maximum atomic E-state index is 11.4. The lowest BCUT2D eigenvalue weighted by Crippen LogP contribution is -2.25. The van der Waals surface area contributed by atoms with Gasteiger partial charge < -0.3 is 10.1 Å². The van der Waals surface area contributed by atoms with Gasteiger partial charge in [-0.2, -0.15) is 0 Å². The Bertz CT molecular complexity index is 460. The van der Waals surface area contributed by atoms with Crippen LogP contribution < -0.4 is 10.5 Å². The molecule has 1 aromatic rings. The fourth-order valence-corrected chi connectivity index (χ4v) is 2.22. The number of hydrogen-bond donors (Lipinski definition) is 2. The van der Waals surface area contributed by atoms with Gasteiger partial charge in [-0.25, -0.2) is 13.6 Å². The molecule has 0 spiro atoms. The number of nitrogens with one attached hydrogen (secondary N) is 1. The predicted octanol–water partition coefficient (Wildman–Crippen LogP) is 1.17. The van der Waals surface area contributed by atoms with Crippen LogP contribution in [0.1, 0.15) is 13.3 Å². The van der Waals surface area contributed by atoms with Crippen LogP contribution >= 0.6 is 0 Å². The average Bonchev–Trinajstić information content (AvgIpc) is 2.27. The van der Waals surface area contributed by atoms with E-state index in [1.165, 1.54) is 6.07 Å². The van der Waals surface area contributed by atoms with Crippen molar-refractivity contribution in [3.05, 3.63) is 24.3 Å². The summed E-state index contributed by atoms with van der Waals surface area (Å²) < 4.78 is 27.8. The summed E-state index contributed by atoms with van der Waals surface area (Å²) in [5.74, 6) is 0. The molecule has 1 aromatic carbocycles. The number of nitrogens with two attached hydrogens (primary N) is 1. The van der Waals surface area contributed by atoms with Gasteiger partial charge in [0.15, 0.2) is 0 Å². The summed E-state index contributed by atoms with van der Waals surface area (Å²) in [4.78, 5) is 0.106. The lowest BCUT2D eigenvalue weighted by molar-refractivity contribution is 0.184. The molecule has 5 nitrogen and oxygen atoms in total. The lowest BCUT2D eigenvalue weighted by atomic mass is 10.2. The van der Waals surface area contributed by atoms with Crippen LogP contribution in [0.15, 0.2) is 29.2 Å². The van der Waals surface area contributed by atoms with Crippen LogP contribution in [-0.2, 0) is 14.8 Å². The zero-order chi connectivity index (χ0) is 12.9. The van der Waals surface area contributed by atoms with E-state index in [4.69, 9.17) is 9.88 Å². The van der Waals surface area contributed by atoms with Crippen LogP contribution in [0.25, 0.3) is 0 Å². The molecule has 0 amide bonds. The van der Waals surface area contributed by atoms with Gasteiger partial charge in [0.2, 0.25) is 10.0 Å². The number of rotatable bonds is 6. The number of primary sulfonamides is 1. The maximum Gasteiger partial charge on any atom is 0.240 e. The monoisotopic (exact) mass is 258 g/mol. The van der Waals surface area contributed by atoms with E-state index >= 15 is 0 Å². The molecule has 17 heavy (non-hydrogen) atoms. The van der Waals surface area contributed by atoms with Crippen LogP contribution in [0.2, 0.25) is 0 Å². The molecular weight excluding hydrogens is 240 g/mol.